The van der Waals surface area contributed by atoms with E-state index >= 15 is 0 Å². The van der Waals surface area contributed by atoms with Crippen molar-refractivity contribution in [2.75, 3.05) is 39.5 Å². The molecular formula is C13H25NO6. The lowest BCUT2D eigenvalue weighted by atomic mass is 10.2. The van der Waals surface area contributed by atoms with Gasteiger partial charge in [-0.3, -0.25) is 9.59 Å². The van der Waals surface area contributed by atoms with E-state index in [2.05, 4.69) is 5.32 Å². The molecule has 7 heteroatoms. The molecule has 0 aliphatic rings. The molecule has 0 saturated carbocycles. The Labute approximate surface area is 119 Å². The van der Waals surface area contributed by atoms with Crippen LogP contribution < -0.4 is 5.32 Å². The average molecular weight is 291 g/mol. The summed E-state index contributed by atoms with van der Waals surface area (Å²) in [6.45, 7) is 7.37. The molecule has 2 N–H and O–H groups in total. The van der Waals surface area contributed by atoms with E-state index in [1.807, 2.05) is 20.8 Å². The molecule has 0 saturated heterocycles. The summed E-state index contributed by atoms with van der Waals surface area (Å²) in [6, 6.07) is 0. The smallest absolute Gasteiger partial charge is 0.317 e. The van der Waals surface area contributed by atoms with Crippen molar-refractivity contribution in [1.82, 2.24) is 5.32 Å². The second-order valence-corrected chi connectivity index (χ2v) is 5.13. The molecule has 0 atom stereocenters. The molecule has 0 aromatic carbocycles. The number of esters is 1. The Balaban J connectivity index is 3.25. The number of ether oxygens (including phenoxy) is 3. The molecule has 0 aliphatic heterocycles. The lowest BCUT2D eigenvalue weighted by Crippen LogP contribution is -2.26. The predicted molar refractivity (Wildman–Crippen MR) is 72.6 cm³/mol. The monoisotopic (exact) mass is 291 g/mol. The summed E-state index contributed by atoms with van der Waals surface area (Å²) in [5, 5.41) is 11.1. The van der Waals surface area contributed by atoms with E-state index in [0.717, 1.165) is 0 Å². The lowest BCUT2D eigenvalue weighted by Gasteiger charge is -2.19. The second-order valence-electron chi connectivity index (χ2n) is 5.13. The van der Waals surface area contributed by atoms with Crippen LogP contribution in [-0.2, 0) is 23.8 Å². The van der Waals surface area contributed by atoms with E-state index in [1.165, 1.54) is 0 Å². The standard InChI is InChI=1S/C13H25NO6/c1-13(2,3)20-12(17)4-6-18-8-9-19-7-5-14-10-11(15)16/h14H,4-10H2,1-3H3,(H,15,16). The summed E-state index contributed by atoms with van der Waals surface area (Å²) in [7, 11) is 0. The molecule has 0 radical (unpaired) electrons. The van der Waals surface area contributed by atoms with Gasteiger partial charge in [0.25, 0.3) is 0 Å². The molecule has 0 rings (SSSR count). The molecule has 0 heterocycles. The van der Waals surface area contributed by atoms with Crippen molar-refractivity contribution >= 4 is 11.9 Å². The van der Waals surface area contributed by atoms with Crippen LogP contribution in [0, 0.1) is 0 Å². The Morgan fingerprint density at radius 1 is 1.05 bits per heavy atom. The van der Waals surface area contributed by atoms with Crippen molar-refractivity contribution in [2.24, 2.45) is 0 Å². The van der Waals surface area contributed by atoms with Crippen LogP contribution in [0.1, 0.15) is 27.2 Å². The topological polar surface area (TPSA) is 94.1 Å². The fourth-order valence-corrected chi connectivity index (χ4v) is 1.21. The summed E-state index contributed by atoms with van der Waals surface area (Å²) >= 11 is 0. The van der Waals surface area contributed by atoms with E-state index in [-0.39, 0.29) is 18.9 Å². The van der Waals surface area contributed by atoms with Crippen molar-refractivity contribution in [3.8, 4) is 0 Å². The Bertz CT molecular complexity index is 287. The third kappa shape index (κ3) is 14.9. The van der Waals surface area contributed by atoms with Gasteiger partial charge in [0.2, 0.25) is 0 Å². The molecular weight excluding hydrogens is 266 g/mol. The van der Waals surface area contributed by atoms with Crippen LogP contribution in [0.15, 0.2) is 0 Å². The van der Waals surface area contributed by atoms with Crippen LogP contribution >= 0.6 is 0 Å². The maximum Gasteiger partial charge on any atom is 0.317 e. The molecule has 0 spiro atoms. The number of hydrogen-bond acceptors (Lipinski definition) is 6. The van der Waals surface area contributed by atoms with Gasteiger partial charge in [-0.2, -0.15) is 0 Å². The molecule has 0 aromatic heterocycles. The van der Waals surface area contributed by atoms with Crippen LogP contribution in [0.2, 0.25) is 0 Å². The average Bonchev–Trinajstić information content (AvgIpc) is 2.28. The zero-order valence-electron chi connectivity index (χ0n) is 12.4. The van der Waals surface area contributed by atoms with Gasteiger partial charge in [-0.15, -0.1) is 0 Å². The third-order valence-electron chi connectivity index (χ3n) is 1.94. The number of nitrogens with one attached hydrogen (secondary N) is 1. The fraction of sp³-hybridized carbons (Fsp3) is 0.846. The number of carbonyl (C=O) groups is 2. The van der Waals surface area contributed by atoms with Crippen molar-refractivity contribution in [2.45, 2.75) is 32.8 Å². The molecule has 118 valence electrons. The maximum absolute atomic E-state index is 11.3. The molecule has 20 heavy (non-hydrogen) atoms. The number of carbonyl (C=O) groups excluding carboxylic acids is 1. The Morgan fingerprint density at radius 3 is 2.20 bits per heavy atom. The third-order valence-corrected chi connectivity index (χ3v) is 1.94. The van der Waals surface area contributed by atoms with E-state index in [0.29, 0.717) is 33.0 Å². The Morgan fingerprint density at radius 2 is 1.65 bits per heavy atom. The molecule has 0 amide bonds. The van der Waals surface area contributed by atoms with Gasteiger partial charge in [0.1, 0.15) is 5.60 Å². The minimum Gasteiger partial charge on any atom is -0.480 e. The van der Waals surface area contributed by atoms with Crippen LogP contribution in [0.5, 0.6) is 0 Å². The predicted octanol–water partition coefficient (Wildman–Crippen LogP) is 0.426. The van der Waals surface area contributed by atoms with Crippen molar-refractivity contribution in [1.29, 1.82) is 0 Å². The zero-order valence-corrected chi connectivity index (χ0v) is 12.4. The van der Waals surface area contributed by atoms with Gasteiger partial charge < -0.3 is 24.6 Å². The highest BCUT2D eigenvalue weighted by Gasteiger charge is 2.15. The first-order valence-corrected chi connectivity index (χ1v) is 6.61. The Kier molecular flexibility index (Phi) is 9.96. The summed E-state index contributed by atoms with van der Waals surface area (Å²) in [5.74, 6) is -1.17. The van der Waals surface area contributed by atoms with E-state index in [9.17, 15) is 9.59 Å². The SMILES string of the molecule is CC(C)(C)OC(=O)CCOCCOCCNCC(=O)O. The Hall–Kier alpha value is -1.18. The first-order valence-electron chi connectivity index (χ1n) is 6.61. The normalized spacial score (nSPS) is 11.3. The van der Waals surface area contributed by atoms with Gasteiger partial charge in [0.15, 0.2) is 0 Å². The minimum absolute atomic E-state index is 0.0737. The zero-order chi connectivity index (χ0) is 15.4. The van der Waals surface area contributed by atoms with Crippen molar-refractivity contribution in [3.05, 3.63) is 0 Å². The van der Waals surface area contributed by atoms with Crippen LogP contribution in [0.3, 0.4) is 0 Å². The molecule has 0 aliphatic carbocycles. The minimum atomic E-state index is -0.893. The number of carboxylic acid groups (broad SMARTS) is 1. The first kappa shape index (κ1) is 18.8. The molecule has 0 aromatic rings. The van der Waals surface area contributed by atoms with E-state index in [1.54, 1.807) is 0 Å². The van der Waals surface area contributed by atoms with Gasteiger partial charge in [-0.25, -0.2) is 0 Å². The van der Waals surface area contributed by atoms with Crippen LogP contribution in [0.25, 0.3) is 0 Å². The van der Waals surface area contributed by atoms with Gasteiger partial charge in [0.05, 0.1) is 39.4 Å². The second kappa shape index (κ2) is 10.6. The number of carboxylic acids is 1. The number of rotatable bonds is 11. The quantitative estimate of drug-likeness (QED) is 0.421. The molecule has 7 nitrogen and oxygen atoms in total. The maximum atomic E-state index is 11.3. The lowest BCUT2D eigenvalue weighted by molar-refractivity contribution is -0.156. The largest absolute Gasteiger partial charge is 0.480 e. The number of hydrogen-bond donors (Lipinski definition) is 2. The summed E-state index contributed by atoms with van der Waals surface area (Å²) in [5.41, 5.74) is -0.469. The first-order chi connectivity index (χ1) is 9.31. The van der Waals surface area contributed by atoms with Gasteiger partial charge in [-0.1, -0.05) is 0 Å². The highest BCUT2D eigenvalue weighted by atomic mass is 16.6. The van der Waals surface area contributed by atoms with Gasteiger partial charge in [0, 0.05) is 6.54 Å². The highest BCUT2D eigenvalue weighted by molar-refractivity contribution is 5.70. The highest BCUT2D eigenvalue weighted by Crippen LogP contribution is 2.07. The van der Waals surface area contributed by atoms with E-state index < -0.39 is 11.6 Å². The summed E-state index contributed by atoms with van der Waals surface area (Å²) < 4.78 is 15.6. The van der Waals surface area contributed by atoms with Crippen LogP contribution in [0.4, 0.5) is 0 Å². The molecule has 0 unspecified atom stereocenters. The molecule has 0 bridgehead atoms. The number of aliphatic carboxylic acids is 1. The van der Waals surface area contributed by atoms with Crippen molar-refractivity contribution < 1.29 is 28.9 Å². The molecule has 0 fully saturated rings. The van der Waals surface area contributed by atoms with Gasteiger partial charge >= 0.3 is 11.9 Å². The van der Waals surface area contributed by atoms with E-state index in [4.69, 9.17) is 19.3 Å². The van der Waals surface area contributed by atoms with Crippen LogP contribution in [-0.4, -0.2) is 62.2 Å². The fourth-order valence-electron chi connectivity index (χ4n) is 1.21. The van der Waals surface area contributed by atoms with Gasteiger partial charge in [-0.05, 0) is 20.8 Å². The summed E-state index contributed by atoms with van der Waals surface area (Å²) in [6.07, 6.45) is 0.220. The summed E-state index contributed by atoms with van der Waals surface area (Å²) in [4.78, 5) is 21.5. The van der Waals surface area contributed by atoms with Crippen molar-refractivity contribution in [3.63, 3.8) is 0 Å².